The van der Waals surface area contributed by atoms with Crippen LogP contribution in [-0.2, 0) is 17.6 Å². The number of aromatic hydroxyl groups is 1. The van der Waals surface area contributed by atoms with E-state index in [0.29, 0.717) is 33.7 Å². The van der Waals surface area contributed by atoms with Crippen molar-refractivity contribution < 1.29 is 28.6 Å². The summed E-state index contributed by atoms with van der Waals surface area (Å²) in [5.74, 6) is 2.26. The van der Waals surface area contributed by atoms with Gasteiger partial charge in [0.05, 0.1) is 39.7 Å². The van der Waals surface area contributed by atoms with Crippen LogP contribution in [0.2, 0.25) is 0 Å². The third kappa shape index (κ3) is 3.18. The number of carbonyl (C=O) groups is 1. The van der Waals surface area contributed by atoms with Crippen LogP contribution in [-0.4, -0.2) is 49.9 Å². The lowest BCUT2D eigenvalue weighted by Gasteiger charge is -2.43. The van der Waals surface area contributed by atoms with Crippen molar-refractivity contribution in [3.05, 3.63) is 47.0 Å². The minimum Gasteiger partial charge on any atom is -0.508 e. The number of likely N-dealkylation sites (N-methyl/N-ethyl adjacent to an activating group) is 1. The van der Waals surface area contributed by atoms with Crippen LogP contribution in [0.4, 0.5) is 0 Å². The van der Waals surface area contributed by atoms with Crippen molar-refractivity contribution >= 4 is 5.78 Å². The molecule has 0 saturated heterocycles. The number of nitrogens with zero attached hydrogens (tertiary/aromatic N) is 1. The summed E-state index contributed by atoms with van der Waals surface area (Å²) in [5.41, 5.74) is 2.85. The highest BCUT2D eigenvalue weighted by molar-refractivity contribution is 5.82. The number of para-hydroxylation sites is 1. The summed E-state index contributed by atoms with van der Waals surface area (Å²) in [6.07, 6.45) is 1.47. The number of Topliss-reactive ketones (excluding diaryl/α,β-unsaturated/α-hetero) is 1. The van der Waals surface area contributed by atoms with E-state index in [1.807, 2.05) is 12.1 Å². The quantitative estimate of drug-likeness (QED) is 0.803. The van der Waals surface area contributed by atoms with E-state index in [0.717, 1.165) is 24.1 Å². The summed E-state index contributed by atoms with van der Waals surface area (Å²) in [4.78, 5) is 12.9. The topological polar surface area (TPSA) is 65.0 Å². The first-order valence-corrected chi connectivity index (χ1v) is 9.51. The molecule has 0 spiro atoms. The Bertz CT molecular complexity index is 921. The van der Waals surface area contributed by atoms with Crippen LogP contribution in [0.1, 0.15) is 29.2 Å². The molecule has 6 heteroatoms. The Morgan fingerprint density at radius 2 is 2.07 bits per heavy atom. The van der Waals surface area contributed by atoms with E-state index >= 15 is 0 Å². The Balaban J connectivity index is 1.69. The standard InChI is InChI=1S/C22H25NO5/c1-23(2)9-8-15-11-19-21(28-13-27-19)22(26-3)20(15)17(23)12-16(24)10-14-6-4-5-7-18(14)25/h4-7,11,17H,8-10,12-13H2,1-3H3/p+1. The van der Waals surface area contributed by atoms with E-state index in [-0.39, 0.29) is 30.8 Å². The summed E-state index contributed by atoms with van der Waals surface area (Å²) in [5, 5.41) is 10.0. The second-order valence-corrected chi connectivity index (χ2v) is 8.03. The van der Waals surface area contributed by atoms with Crippen molar-refractivity contribution in [2.24, 2.45) is 0 Å². The molecule has 1 atom stereocenters. The Labute approximate surface area is 164 Å². The molecule has 0 saturated carbocycles. The number of ether oxygens (including phenoxy) is 3. The predicted molar refractivity (Wildman–Crippen MR) is 104 cm³/mol. The van der Waals surface area contributed by atoms with Gasteiger partial charge < -0.3 is 23.8 Å². The van der Waals surface area contributed by atoms with Crippen molar-refractivity contribution in [1.29, 1.82) is 0 Å². The molecule has 2 aromatic rings. The minimum absolute atomic E-state index is 0.0495. The van der Waals surface area contributed by atoms with Gasteiger partial charge in [-0.1, -0.05) is 18.2 Å². The predicted octanol–water partition coefficient (Wildman–Crippen LogP) is 3.01. The summed E-state index contributed by atoms with van der Waals surface area (Å²) in [6, 6.07) is 8.98. The number of fused-ring (bicyclic) bond motifs is 2. The van der Waals surface area contributed by atoms with Gasteiger partial charge >= 0.3 is 0 Å². The van der Waals surface area contributed by atoms with E-state index in [1.165, 1.54) is 0 Å². The number of methoxy groups -OCH3 is 1. The van der Waals surface area contributed by atoms with Crippen LogP contribution < -0.4 is 14.2 Å². The number of quaternary nitrogens is 1. The molecular formula is C22H26NO5+. The zero-order chi connectivity index (χ0) is 19.9. The van der Waals surface area contributed by atoms with E-state index in [4.69, 9.17) is 14.2 Å². The number of carbonyl (C=O) groups excluding carboxylic acids is 1. The second kappa shape index (κ2) is 7.02. The number of hydrogen-bond acceptors (Lipinski definition) is 5. The highest BCUT2D eigenvalue weighted by Crippen LogP contribution is 2.51. The highest BCUT2D eigenvalue weighted by atomic mass is 16.7. The van der Waals surface area contributed by atoms with Gasteiger partial charge in [-0.15, -0.1) is 0 Å². The van der Waals surface area contributed by atoms with Crippen LogP contribution in [0.25, 0.3) is 0 Å². The van der Waals surface area contributed by atoms with Crippen molar-refractivity contribution in [3.8, 4) is 23.0 Å². The van der Waals surface area contributed by atoms with Gasteiger partial charge in [0.1, 0.15) is 17.6 Å². The number of phenolic OH excluding ortho intramolecular Hbond substituents is 1. The van der Waals surface area contributed by atoms with Gasteiger partial charge in [-0.25, -0.2) is 0 Å². The molecule has 6 nitrogen and oxygen atoms in total. The fourth-order valence-corrected chi connectivity index (χ4v) is 4.28. The lowest BCUT2D eigenvalue weighted by Crippen LogP contribution is -2.48. The fraction of sp³-hybridized carbons (Fsp3) is 0.409. The Hall–Kier alpha value is -2.73. The van der Waals surface area contributed by atoms with Crippen LogP contribution >= 0.6 is 0 Å². The minimum atomic E-state index is -0.0495. The van der Waals surface area contributed by atoms with Crippen LogP contribution in [0.5, 0.6) is 23.0 Å². The van der Waals surface area contributed by atoms with Crippen LogP contribution in [0, 0.1) is 0 Å². The van der Waals surface area contributed by atoms with E-state index < -0.39 is 0 Å². The SMILES string of the molecule is COc1c2c(cc3c1C(CC(=O)Cc1ccccc1O)[N+](C)(C)CC3)OCO2. The fourth-order valence-electron chi connectivity index (χ4n) is 4.28. The maximum atomic E-state index is 12.9. The van der Waals surface area contributed by atoms with Crippen molar-refractivity contribution in [3.63, 3.8) is 0 Å². The Morgan fingerprint density at radius 3 is 2.82 bits per heavy atom. The molecule has 2 aliphatic rings. The molecule has 0 aromatic heterocycles. The third-order valence-corrected chi connectivity index (χ3v) is 5.88. The van der Waals surface area contributed by atoms with Crippen molar-refractivity contribution in [1.82, 2.24) is 0 Å². The molecule has 1 unspecified atom stereocenters. The van der Waals surface area contributed by atoms with E-state index in [9.17, 15) is 9.90 Å². The van der Waals surface area contributed by atoms with Crippen LogP contribution in [0.15, 0.2) is 30.3 Å². The number of ketones is 1. The molecule has 2 heterocycles. The molecule has 0 radical (unpaired) electrons. The lowest BCUT2D eigenvalue weighted by atomic mass is 9.86. The lowest BCUT2D eigenvalue weighted by molar-refractivity contribution is -0.922. The van der Waals surface area contributed by atoms with Crippen LogP contribution in [0.3, 0.4) is 0 Å². The first kappa shape index (κ1) is 18.6. The second-order valence-electron chi connectivity index (χ2n) is 8.03. The molecule has 2 aromatic carbocycles. The largest absolute Gasteiger partial charge is 0.508 e. The molecular weight excluding hydrogens is 358 g/mol. The molecule has 4 rings (SSSR count). The zero-order valence-electron chi connectivity index (χ0n) is 16.5. The Kier molecular flexibility index (Phi) is 4.67. The normalized spacial score (nSPS) is 19.2. The van der Waals surface area contributed by atoms with Gasteiger partial charge in [-0.3, -0.25) is 4.79 Å². The summed E-state index contributed by atoms with van der Waals surface area (Å²) in [6.45, 7) is 1.11. The summed E-state index contributed by atoms with van der Waals surface area (Å²) in [7, 11) is 5.92. The van der Waals surface area contributed by atoms with Gasteiger partial charge in [-0.05, 0) is 17.7 Å². The summed E-state index contributed by atoms with van der Waals surface area (Å²) >= 11 is 0. The molecule has 0 fully saturated rings. The van der Waals surface area contributed by atoms with Crippen molar-refractivity contribution in [2.75, 3.05) is 34.5 Å². The average molecular weight is 384 g/mol. The highest BCUT2D eigenvalue weighted by Gasteiger charge is 2.42. The Morgan fingerprint density at radius 1 is 1.29 bits per heavy atom. The zero-order valence-corrected chi connectivity index (χ0v) is 16.5. The van der Waals surface area contributed by atoms with Gasteiger partial charge in [0, 0.05) is 18.4 Å². The van der Waals surface area contributed by atoms with Gasteiger partial charge in [-0.2, -0.15) is 0 Å². The number of phenols is 1. The number of benzene rings is 2. The van der Waals surface area contributed by atoms with Gasteiger partial charge in [0.15, 0.2) is 11.5 Å². The van der Waals surface area contributed by atoms with E-state index in [2.05, 4.69) is 14.1 Å². The van der Waals surface area contributed by atoms with E-state index in [1.54, 1.807) is 25.3 Å². The average Bonchev–Trinajstić information content (AvgIpc) is 3.12. The number of rotatable bonds is 5. The first-order valence-electron chi connectivity index (χ1n) is 9.51. The van der Waals surface area contributed by atoms with Gasteiger partial charge in [0.2, 0.25) is 12.5 Å². The molecule has 0 aliphatic carbocycles. The molecule has 0 bridgehead atoms. The monoisotopic (exact) mass is 384 g/mol. The maximum absolute atomic E-state index is 12.9. The first-order chi connectivity index (χ1) is 13.4. The molecule has 148 valence electrons. The number of hydrogen-bond donors (Lipinski definition) is 1. The van der Waals surface area contributed by atoms with Crippen molar-refractivity contribution in [2.45, 2.75) is 25.3 Å². The molecule has 0 amide bonds. The maximum Gasteiger partial charge on any atom is 0.231 e. The smallest absolute Gasteiger partial charge is 0.231 e. The molecule has 1 N–H and O–H groups in total. The molecule has 2 aliphatic heterocycles. The third-order valence-electron chi connectivity index (χ3n) is 5.88. The van der Waals surface area contributed by atoms with Gasteiger partial charge in [0.25, 0.3) is 0 Å². The molecule has 28 heavy (non-hydrogen) atoms. The summed E-state index contributed by atoms with van der Waals surface area (Å²) < 4.78 is 17.6.